The quantitative estimate of drug-likeness (QED) is 0.372. The molecule has 1 heterocycles. The van der Waals surface area contributed by atoms with Gasteiger partial charge in [0, 0.05) is 11.6 Å². The Morgan fingerprint density at radius 1 is 0.857 bits per heavy atom. The zero-order chi connectivity index (χ0) is 15.3. The maximum absolute atomic E-state index is 9.75. The van der Waals surface area contributed by atoms with E-state index >= 15 is 0 Å². The summed E-state index contributed by atoms with van der Waals surface area (Å²) in [5.41, 5.74) is 4.85. The maximum Gasteiger partial charge on any atom is 0.673 e. The first kappa shape index (κ1) is 15.5. The fourth-order valence-corrected chi connectivity index (χ4v) is 2.77. The highest BCUT2D eigenvalue weighted by Gasteiger charge is 2.20. The SMILES string of the molecule is F[B-](F)(F)F.c1ccc(C[n+]2csc3ccccc32)cc1. The molecule has 0 atom stereocenters. The van der Waals surface area contributed by atoms with Gasteiger partial charge in [0.05, 0.1) is 0 Å². The van der Waals surface area contributed by atoms with Crippen LogP contribution in [0.3, 0.4) is 0 Å². The third kappa shape index (κ3) is 5.19. The van der Waals surface area contributed by atoms with E-state index in [1.807, 2.05) is 0 Å². The van der Waals surface area contributed by atoms with E-state index in [1.54, 1.807) is 11.3 Å². The van der Waals surface area contributed by atoms with E-state index in [4.69, 9.17) is 0 Å². The molecule has 0 aliphatic carbocycles. The highest BCUT2D eigenvalue weighted by atomic mass is 32.1. The minimum absolute atomic E-state index is 0.949. The van der Waals surface area contributed by atoms with Crippen molar-refractivity contribution in [1.29, 1.82) is 0 Å². The van der Waals surface area contributed by atoms with Crippen molar-refractivity contribution in [3.63, 3.8) is 0 Å². The molecule has 0 amide bonds. The molecule has 0 spiro atoms. The Morgan fingerprint density at radius 2 is 1.43 bits per heavy atom. The molecule has 0 aliphatic rings. The van der Waals surface area contributed by atoms with Crippen LogP contribution >= 0.6 is 11.3 Å². The van der Waals surface area contributed by atoms with Gasteiger partial charge >= 0.3 is 7.25 Å². The highest BCUT2D eigenvalue weighted by molar-refractivity contribution is 7.16. The van der Waals surface area contributed by atoms with Crippen molar-refractivity contribution in [2.75, 3.05) is 0 Å². The minimum Gasteiger partial charge on any atom is -0.418 e. The largest absolute Gasteiger partial charge is 0.673 e. The second-order valence-corrected chi connectivity index (χ2v) is 5.19. The summed E-state index contributed by atoms with van der Waals surface area (Å²) >= 11 is 1.80. The Kier molecular flexibility index (Phi) is 4.96. The number of halogens is 4. The van der Waals surface area contributed by atoms with Crippen LogP contribution in [0.25, 0.3) is 10.2 Å². The predicted molar refractivity (Wildman–Crippen MR) is 77.8 cm³/mol. The first-order chi connectivity index (χ1) is 9.93. The van der Waals surface area contributed by atoms with Crippen LogP contribution < -0.4 is 4.57 Å². The highest BCUT2D eigenvalue weighted by Crippen LogP contribution is 2.15. The smallest absolute Gasteiger partial charge is 0.418 e. The molecule has 1 nitrogen and oxygen atoms in total. The molecular weight excluding hydrogens is 301 g/mol. The van der Waals surface area contributed by atoms with E-state index in [0.29, 0.717) is 0 Å². The van der Waals surface area contributed by atoms with E-state index in [0.717, 1.165) is 6.54 Å². The molecule has 0 saturated carbocycles. The van der Waals surface area contributed by atoms with Crippen LogP contribution in [-0.2, 0) is 6.54 Å². The predicted octanol–water partition coefficient (Wildman–Crippen LogP) is 4.54. The Hall–Kier alpha value is -1.89. The molecule has 0 fully saturated rings. The van der Waals surface area contributed by atoms with Crippen molar-refractivity contribution in [3.8, 4) is 0 Å². The molecule has 0 unspecified atom stereocenters. The summed E-state index contributed by atoms with van der Waals surface area (Å²) in [6.07, 6.45) is 0. The lowest BCUT2D eigenvalue weighted by molar-refractivity contribution is -0.658. The van der Waals surface area contributed by atoms with Crippen molar-refractivity contribution in [3.05, 3.63) is 65.7 Å². The van der Waals surface area contributed by atoms with Crippen LogP contribution in [0.4, 0.5) is 17.3 Å². The van der Waals surface area contributed by atoms with Gasteiger partial charge in [0.1, 0.15) is 4.70 Å². The summed E-state index contributed by atoms with van der Waals surface area (Å²) in [6.45, 7) is 0.949. The summed E-state index contributed by atoms with van der Waals surface area (Å²) in [4.78, 5) is 0. The van der Waals surface area contributed by atoms with Gasteiger partial charge in [0.15, 0.2) is 6.54 Å². The molecule has 0 N–H and O–H groups in total. The Balaban J connectivity index is 0.000000282. The van der Waals surface area contributed by atoms with Gasteiger partial charge < -0.3 is 17.3 Å². The number of benzene rings is 2. The fraction of sp³-hybridized carbons (Fsp3) is 0.0714. The fourth-order valence-electron chi connectivity index (χ4n) is 1.87. The van der Waals surface area contributed by atoms with Gasteiger partial charge in [-0.05, 0) is 6.07 Å². The van der Waals surface area contributed by atoms with Crippen molar-refractivity contribution >= 4 is 28.8 Å². The van der Waals surface area contributed by atoms with Gasteiger partial charge in [0.25, 0.3) is 0 Å². The topological polar surface area (TPSA) is 3.88 Å². The molecule has 110 valence electrons. The van der Waals surface area contributed by atoms with E-state index in [-0.39, 0.29) is 0 Å². The molecule has 7 heteroatoms. The summed E-state index contributed by atoms with van der Waals surface area (Å²) in [5.74, 6) is 0. The second kappa shape index (κ2) is 6.71. The summed E-state index contributed by atoms with van der Waals surface area (Å²) < 4.78 is 42.6. The van der Waals surface area contributed by atoms with E-state index in [1.165, 1.54) is 15.8 Å². The first-order valence-corrected chi connectivity index (χ1v) is 7.08. The summed E-state index contributed by atoms with van der Waals surface area (Å²) in [6, 6.07) is 19.1. The Labute approximate surface area is 123 Å². The van der Waals surface area contributed by atoms with Crippen molar-refractivity contribution < 1.29 is 21.8 Å². The zero-order valence-corrected chi connectivity index (χ0v) is 11.7. The number of rotatable bonds is 2. The number of hydrogen-bond acceptors (Lipinski definition) is 1. The summed E-state index contributed by atoms with van der Waals surface area (Å²) in [7, 11) is -6.00. The molecule has 3 aromatic rings. The minimum atomic E-state index is -6.00. The van der Waals surface area contributed by atoms with Gasteiger partial charge in [-0.2, -0.15) is 4.57 Å². The Bertz CT molecular complexity index is 691. The lowest BCUT2D eigenvalue weighted by atomic mass is 10.2. The second-order valence-electron chi connectivity index (χ2n) is 4.30. The third-order valence-corrected chi connectivity index (χ3v) is 3.64. The maximum atomic E-state index is 9.75. The van der Waals surface area contributed by atoms with Crippen LogP contribution in [0.5, 0.6) is 0 Å². The number of thiazole rings is 1. The Morgan fingerprint density at radius 3 is 2.10 bits per heavy atom. The normalized spacial score (nSPS) is 11.0. The van der Waals surface area contributed by atoms with Crippen LogP contribution in [-0.4, -0.2) is 7.25 Å². The molecule has 21 heavy (non-hydrogen) atoms. The zero-order valence-electron chi connectivity index (χ0n) is 10.9. The lowest BCUT2D eigenvalue weighted by Crippen LogP contribution is -2.31. The van der Waals surface area contributed by atoms with Gasteiger partial charge in [-0.25, -0.2) is 0 Å². The summed E-state index contributed by atoms with van der Waals surface area (Å²) in [5, 5.41) is 0. The molecule has 0 aliphatic heterocycles. The molecule has 0 saturated heterocycles. The van der Waals surface area contributed by atoms with Crippen LogP contribution in [0.2, 0.25) is 0 Å². The van der Waals surface area contributed by atoms with E-state index < -0.39 is 7.25 Å². The van der Waals surface area contributed by atoms with E-state index in [2.05, 4.69) is 64.7 Å². The first-order valence-electron chi connectivity index (χ1n) is 6.20. The number of para-hydroxylation sites is 1. The van der Waals surface area contributed by atoms with Crippen LogP contribution in [0.15, 0.2) is 60.1 Å². The number of nitrogens with zero attached hydrogens (tertiary/aromatic N) is 1. The third-order valence-electron chi connectivity index (χ3n) is 2.68. The molecule has 0 radical (unpaired) electrons. The van der Waals surface area contributed by atoms with E-state index in [9.17, 15) is 17.3 Å². The van der Waals surface area contributed by atoms with Gasteiger partial charge in [-0.3, -0.25) is 0 Å². The number of hydrogen-bond donors (Lipinski definition) is 0. The van der Waals surface area contributed by atoms with Gasteiger partial charge in [-0.15, -0.1) is 0 Å². The molecule has 0 bridgehead atoms. The monoisotopic (exact) mass is 313 g/mol. The van der Waals surface area contributed by atoms with Crippen LogP contribution in [0.1, 0.15) is 5.56 Å². The molecule has 3 rings (SSSR count). The van der Waals surface area contributed by atoms with Crippen molar-refractivity contribution in [1.82, 2.24) is 0 Å². The molecular formula is C14H12BF4NS. The van der Waals surface area contributed by atoms with Gasteiger partial charge in [-0.1, -0.05) is 53.8 Å². The van der Waals surface area contributed by atoms with Gasteiger partial charge in [0.2, 0.25) is 11.0 Å². The average Bonchev–Trinajstić information content (AvgIpc) is 2.82. The average molecular weight is 313 g/mol. The molecule has 1 aromatic heterocycles. The molecule has 2 aromatic carbocycles. The number of fused-ring (bicyclic) bond motifs is 1. The lowest BCUT2D eigenvalue weighted by Gasteiger charge is -1.95. The number of aromatic nitrogens is 1. The van der Waals surface area contributed by atoms with Crippen molar-refractivity contribution in [2.24, 2.45) is 0 Å². The van der Waals surface area contributed by atoms with Crippen LogP contribution in [0, 0.1) is 0 Å². The van der Waals surface area contributed by atoms with Crippen molar-refractivity contribution in [2.45, 2.75) is 6.54 Å². The standard InChI is InChI=1S/C14H12NS.BF4/c1-2-6-12(7-3-1)10-15-11-16-14-9-5-4-8-13(14)15;2-1(3,4)5/h1-9,11H,10H2;/q+1;-1.